The van der Waals surface area contributed by atoms with Crippen LogP contribution in [0.1, 0.15) is 23.7 Å². The van der Waals surface area contributed by atoms with Gasteiger partial charge in [0.2, 0.25) is 5.91 Å². The number of anilines is 2. The maximum Gasteiger partial charge on any atom is 0.255 e. The predicted molar refractivity (Wildman–Crippen MR) is 86.3 cm³/mol. The second-order valence-corrected chi connectivity index (χ2v) is 4.67. The second-order valence-electron chi connectivity index (χ2n) is 4.67. The van der Waals surface area contributed by atoms with Gasteiger partial charge in [-0.1, -0.05) is 19.1 Å². The number of carbonyl (C=O) groups is 2. The monoisotopic (exact) mass is 298 g/mol. The van der Waals surface area contributed by atoms with Crippen molar-refractivity contribution >= 4 is 23.2 Å². The number of hydrogen-bond donors (Lipinski definition) is 2. The molecular weight excluding hydrogens is 280 g/mol. The Morgan fingerprint density at radius 2 is 1.68 bits per heavy atom. The van der Waals surface area contributed by atoms with Crippen molar-refractivity contribution < 1.29 is 14.3 Å². The van der Waals surface area contributed by atoms with Crippen molar-refractivity contribution in [2.45, 2.75) is 13.3 Å². The van der Waals surface area contributed by atoms with Gasteiger partial charge < -0.3 is 15.4 Å². The minimum atomic E-state index is -0.249. The van der Waals surface area contributed by atoms with E-state index in [9.17, 15) is 9.59 Å². The van der Waals surface area contributed by atoms with E-state index in [0.29, 0.717) is 29.1 Å². The summed E-state index contributed by atoms with van der Waals surface area (Å²) in [6.07, 6.45) is 0.389. The third-order valence-corrected chi connectivity index (χ3v) is 3.06. The molecule has 0 aromatic heterocycles. The summed E-state index contributed by atoms with van der Waals surface area (Å²) in [4.78, 5) is 23.7. The number of benzene rings is 2. The molecule has 2 aromatic rings. The molecule has 5 nitrogen and oxygen atoms in total. The highest BCUT2D eigenvalue weighted by atomic mass is 16.5. The highest BCUT2D eigenvalue weighted by molar-refractivity contribution is 6.05. The molecule has 0 atom stereocenters. The van der Waals surface area contributed by atoms with Gasteiger partial charge in [-0.15, -0.1) is 0 Å². The molecule has 0 unspecified atom stereocenters. The Morgan fingerprint density at radius 1 is 1.00 bits per heavy atom. The minimum absolute atomic E-state index is 0.0923. The molecule has 0 aliphatic rings. The first-order valence-electron chi connectivity index (χ1n) is 6.97. The van der Waals surface area contributed by atoms with E-state index < -0.39 is 0 Å². The molecule has 0 aliphatic carbocycles. The van der Waals surface area contributed by atoms with Crippen molar-refractivity contribution in [2.24, 2.45) is 0 Å². The number of carbonyl (C=O) groups excluding carboxylic acids is 2. The van der Waals surface area contributed by atoms with Crippen molar-refractivity contribution in [1.82, 2.24) is 0 Å². The number of nitrogens with one attached hydrogen (secondary N) is 2. The van der Waals surface area contributed by atoms with Gasteiger partial charge in [0.1, 0.15) is 5.75 Å². The predicted octanol–water partition coefficient (Wildman–Crippen LogP) is 3.30. The fourth-order valence-corrected chi connectivity index (χ4v) is 1.89. The summed E-state index contributed by atoms with van der Waals surface area (Å²) < 4.78 is 5.12. The third-order valence-electron chi connectivity index (χ3n) is 3.06. The van der Waals surface area contributed by atoms with Crippen LogP contribution in [0.25, 0.3) is 0 Å². The molecule has 5 heteroatoms. The van der Waals surface area contributed by atoms with Crippen LogP contribution in [0.15, 0.2) is 48.5 Å². The van der Waals surface area contributed by atoms with Crippen LogP contribution in [0.5, 0.6) is 5.75 Å². The zero-order valence-electron chi connectivity index (χ0n) is 12.6. The van der Waals surface area contributed by atoms with Crippen molar-refractivity contribution in [3.05, 3.63) is 54.1 Å². The lowest BCUT2D eigenvalue weighted by Gasteiger charge is -2.09. The van der Waals surface area contributed by atoms with Gasteiger partial charge in [0.05, 0.1) is 7.11 Å². The van der Waals surface area contributed by atoms with Gasteiger partial charge in [0.25, 0.3) is 5.91 Å². The van der Waals surface area contributed by atoms with E-state index >= 15 is 0 Å². The van der Waals surface area contributed by atoms with E-state index in [1.807, 2.05) is 0 Å². The fraction of sp³-hybridized carbons (Fsp3) is 0.176. The number of amides is 2. The van der Waals surface area contributed by atoms with Crippen LogP contribution < -0.4 is 15.4 Å². The van der Waals surface area contributed by atoms with Crippen molar-refractivity contribution in [3.63, 3.8) is 0 Å². The molecule has 0 radical (unpaired) electrons. The lowest BCUT2D eigenvalue weighted by molar-refractivity contribution is -0.115. The molecule has 0 saturated heterocycles. The van der Waals surface area contributed by atoms with Crippen molar-refractivity contribution in [2.75, 3.05) is 17.7 Å². The standard InChI is InChI=1S/C17H18N2O3/c1-3-16(20)18-13-7-4-6-12(10-13)17(21)19-14-8-5-9-15(11-14)22-2/h4-11H,3H2,1-2H3,(H,18,20)(H,19,21). The smallest absolute Gasteiger partial charge is 0.255 e. The molecule has 2 rings (SSSR count). The molecule has 0 fully saturated rings. The van der Waals surface area contributed by atoms with Crippen LogP contribution >= 0.6 is 0 Å². The molecule has 0 bridgehead atoms. The SMILES string of the molecule is CCC(=O)Nc1cccc(C(=O)Nc2cccc(OC)c2)c1. The Labute approximate surface area is 129 Å². The first-order valence-corrected chi connectivity index (χ1v) is 6.97. The largest absolute Gasteiger partial charge is 0.497 e. The molecule has 0 spiro atoms. The Balaban J connectivity index is 2.12. The molecule has 114 valence electrons. The summed E-state index contributed by atoms with van der Waals surface area (Å²) >= 11 is 0. The van der Waals surface area contributed by atoms with Gasteiger partial charge in [-0.25, -0.2) is 0 Å². The maximum atomic E-state index is 12.3. The van der Waals surface area contributed by atoms with Gasteiger partial charge in [0.15, 0.2) is 0 Å². The van der Waals surface area contributed by atoms with Crippen molar-refractivity contribution in [3.8, 4) is 5.75 Å². The molecule has 22 heavy (non-hydrogen) atoms. The average molecular weight is 298 g/mol. The molecule has 2 aromatic carbocycles. The Kier molecular flexibility index (Phi) is 5.14. The zero-order chi connectivity index (χ0) is 15.9. The normalized spacial score (nSPS) is 9.91. The van der Waals surface area contributed by atoms with Crippen LogP contribution in [-0.4, -0.2) is 18.9 Å². The van der Waals surface area contributed by atoms with Gasteiger partial charge >= 0.3 is 0 Å². The Bertz CT molecular complexity index is 683. The quantitative estimate of drug-likeness (QED) is 0.890. The summed E-state index contributed by atoms with van der Waals surface area (Å²) in [7, 11) is 1.57. The Hall–Kier alpha value is -2.82. The summed E-state index contributed by atoms with van der Waals surface area (Å²) in [5, 5.41) is 5.53. The second kappa shape index (κ2) is 7.26. The summed E-state index contributed by atoms with van der Waals surface area (Å²) in [6.45, 7) is 1.77. The van der Waals surface area contributed by atoms with E-state index in [4.69, 9.17) is 4.74 Å². The number of rotatable bonds is 5. The van der Waals surface area contributed by atoms with Gasteiger partial charge in [-0.2, -0.15) is 0 Å². The van der Waals surface area contributed by atoms with Crippen molar-refractivity contribution in [1.29, 1.82) is 0 Å². The van der Waals surface area contributed by atoms with Gasteiger partial charge in [0, 0.05) is 29.4 Å². The Morgan fingerprint density at radius 3 is 2.36 bits per heavy atom. The average Bonchev–Trinajstić information content (AvgIpc) is 2.55. The van der Waals surface area contributed by atoms with Crippen LogP contribution in [0.3, 0.4) is 0 Å². The molecular formula is C17H18N2O3. The molecule has 2 amide bonds. The zero-order valence-corrected chi connectivity index (χ0v) is 12.6. The van der Waals surface area contributed by atoms with E-state index in [1.54, 1.807) is 62.6 Å². The van der Waals surface area contributed by atoms with E-state index in [1.165, 1.54) is 0 Å². The lowest BCUT2D eigenvalue weighted by atomic mass is 10.1. The highest BCUT2D eigenvalue weighted by Gasteiger charge is 2.08. The lowest BCUT2D eigenvalue weighted by Crippen LogP contribution is -2.13. The van der Waals surface area contributed by atoms with E-state index in [-0.39, 0.29) is 11.8 Å². The van der Waals surface area contributed by atoms with Crippen LogP contribution in [-0.2, 0) is 4.79 Å². The molecule has 2 N–H and O–H groups in total. The molecule has 0 saturated carbocycles. The summed E-state index contributed by atoms with van der Waals surface area (Å²) in [6, 6.07) is 13.9. The topological polar surface area (TPSA) is 67.4 Å². The highest BCUT2D eigenvalue weighted by Crippen LogP contribution is 2.18. The fourth-order valence-electron chi connectivity index (χ4n) is 1.89. The third kappa shape index (κ3) is 4.09. The van der Waals surface area contributed by atoms with Crippen LogP contribution in [0, 0.1) is 0 Å². The number of methoxy groups -OCH3 is 1. The number of ether oxygens (including phenoxy) is 1. The van der Waals surface area contributed by atoms with E-state index in [0.717, 1.165) is 0 Å². The van der Waals surface area contributed by atoms with E-state index in [2.05, 4.69) is 10.6 Å². The van der Waals surface area contributed by atoms with Gasteiger partial charge in [-0.3, -0.25) is 9.59 Å². The summed E-state index contributed by atoms with van der Waals surface area (Å²) in [5.41, 5.74) is 1.72. The molecule has 0 aliphatic heterocycles. The van der Waals surface area contributed by atoms with Crippen LogP contribution in [0.2, 0.25) is 0 Å². The van der Waals surface area contributed by atoms with Crippen LogP contribution in [0.4, 0.5) is 11.4 Å². The molecule has 0 heterocycles. The minimum Gasteiger partial charge on any atom is -0.497 e. The first kappa shape index (κ1) is 15.6. The van der Waals surface area contributed by atoms with Gasteiger partial charge in [-0.05, 0) is 30.3 Å². The first-order chi connectivity index (χ1) is 10.6. The maximum absolute atomic E-state index is 12.3. The number of hydrogen-bond acceptors (Lipinski definition) is 3. The summed E-state index contributed by atoms with van der Waals surface area (Å²) in [5.74, 6) is 0.327.